The molecular weight excluding hydrogens is 759 g/mol. The Morgan fingerprint density at radius 2 is 0.935 bits per heavy atom. The van der Waals surface area contributed by atoms with Crippen molar-refractivity contribution in [1.29, 1.82) is 0 Å². The summed E-state index contributed by atoms with van der Waals surface area (Å²) in [6, 6.07) is 60.0. The van der Waals surface area contributed by atoms with Gasteiger partial charge in [0, 0.05) is 73.7 Å². The zero-order chi connectivity index (χ0) is 41.0. The Hall–Kier alpha value is -7.54. The molecule has 7 heterocycles. The predicted octanol–water partition coefficient (Wildman–Crippen LogP) is 13.7. The average molecular weight is 802 g/mol. The number of para-hydroxylation sites is 1. The number of aromatic nitrogens is 4. The van der Waals surface area contributed by atoms with E-state index in [9.17, 15) is 0 Å². The van der Waals surface area contributed by atoms with E-state index >= 15 is 0 Å². The Morgan fingerprint density at radius 3 is 1.48 bits per heavy atom. The minimum Gasteiger partial charge on any atom is -0.377 e. The second-order valence-corrected chi connectivity index (χ2v) is 16.5. The van der Waals surface area contributed by atoms with Gasteiger partial charge in [-0.15, -0.1) is 0 Å². The van der Waals surface area contributed by atoms with E-state index in [0.29, 0.717) is 0 Å². The first-order valence-corrected chi connectivity index (χ1v) is 21.6. The summed E-state index contributed by atoms with van der Waals surface area (Å²) in [5.41, 5.74) is 19.6. The lowest BCUT2D eigenvalue weighted by molar-refractivity contribution is -0.0321. The van der Waals surface area contributed by atoms with Crippen LogP contribution in [0.25, 0.3) is 90.4 Å². The van der Waals surface area contributed by atoms with E-state index in [0.717, 1.165) is 120 Å². The monoisotopic (exact) mass is 801 g/mol. The van der Waals surface area contributed by atoms with Gasteiger partial charge in [0.15, 0.2) is 0 Å². The molecule has 12 rings (SSSR count). The van der Waals surface area contributed by atoms with Crippen LogP contribution in [0.1, 0.15) is 47.3 Å². The van der Waals surface area contributed by atoms with Crippen LogP contribution in [0.3, 0.4) is 0 Å². The van der Waals surface area contributed by atoms with Crippen LogP contribution < -0.4 is 5.32 Å². The first kappa shape index (κ1) is 36.3. The van der Waals surface area contributed by atoms with E-state index < -0.39 is 0 Å². The lowest BCUT2D eigenvalue weighted by Gasteiger charge is -2.43. The first-order chi connectivity index (χ1) is 30.7. The zero-order valence-electron chi connectivity index (χ0n) is 34.1. The van der Waals surface area contributed by atoms with Gasteiger partial charge >= 0.3 is 0 Å². The molecule has 4 aliphatic heterocycles. The molecule has 0 aliphatic carbocycles. The number of benzene rings is 5. The molecule has 0 saturated carbocycles. The molecule has 0 unspecified atom stereocenters. The number of anilines is 1. The van der Waals surface area contributed by atoms with E-state index in [1.807, 2.05) is 0 Å². The number of H-pyrrole nitrogens is 2. The lowest BCUT2D eigenvalue weighted by atomic mass is 9.76. The fourth-order valence-corrected chi connectivity index (χ4v) is 10.1. The number of fused-ring (bicyclic) bond motifs is 11. The molecule has 8 aromatic rings. The van der Waals surface area contributed by atoms with Gasteiger partial charge in [-0.3, -0.25) is 0 Å². The molecule has 0 radical (unpaired) electrons. The SMILES string of the molecule is C1=Cc2nc1c(-c1ccccc1)c1ccc([nH]1)c(-c1ccccc1)c1nc(c(-c3ccccc3)c3ccc([nH]3)c2-c2ccccc2)C([C@@H]2Nc3ccccc3[C@@H]3OCCC[C@H]23)=C1. The second-order valence-electron chi connectivity index (χ2n) is 16.5. The van der Waals surface area contributed by atoms with E-state index in [2.05, 4.69) is 203 Å². The Balaban J connectivity index is 1.25. The number of hydrogen-bond donors (Lipinski definition) is 3. The highest BCUT2D eigenvalue weighted by molar-refractivity contribution is 6.03. The molecule has 6 nitrogen and oxygen atoms in total. The fraction of sp³-hybridized carbons (Fsp3) is 0.107. The number of aromatic amines is 2. The van der Waals surface area contributed by atoms with Gasteiger partial charge in [-0.25, -0.2) is 9.97 Å². The number of hydrogen-bond acceptors (Lipinski definition) is 4. The molecule has 8 bridgehead atoms. The van der Waals surface area contributed by atoms with E-state index in [4.69, 9.17) is 14.7 Å². The smallest absolute Gasteiger partial charge is 0.0895 e. The van der Waals surface area contributed by atoms with Crippen LogP contribution in [0.5, 0.6) is 0 Å². The van der Waals surface area contributed by atoms with Crippen molar-refractivity contribution in [3.8, 4) is 44.5 Å². The molecule has 298 valence electrons. The number of rotatable bonds is 5. The van der Waals surface area contributed by atoms with Crippen LogP contribution in [0, 0.1) is 5.92 Å². The van der Waals surface area contributed by atoms with E-state index in [1.165, 1.54) is 5.56 Å². The van der Waals surface area contributed by atoms with Crippen LogP contribution >= 0.6 is 0 Å². The predicted molar refractivity (Wildman–Crippen MR) is 255 cm³/mol. The number of nitrogens with zero attached hydrogens (tertiary/aromatic N) is 2. The van der Waals surface area contributed by atoms with Crippen LogP contribution in [0.4, 0.5) is 5.69 Å². The summed E-state index contributed by atoms with van der Waals surface area (Å²) in [6.45, 7) is 0.759. The van der Waals surface area contributed by atoms with Crippen molar-refractivity contribution in [2.24, 2.45) is 5.92 Å². The molecule has 0 amide bonds. The summed E-state index contributed by atoms with van der Waals surface area (Å²) in [5, 5.41) is 4.07. The first-order valence-electron chi connectivity index (χ1n) is 21.6. The van der Waals surface area contributed by atoms with Crippen molar-refractivity contribution in [3.63, 3.8) is 0 Å². The minimum absolute atomic E-state index is 0.0171. The maximum Gasteiger partial charge on any atom is 0.0895 e. The zero-order valence-corrected chi connectivity index (χ0v) is 34.1. The Morgan fingerprint density at radius 1 is 0.468 bits per heavy atom. The molecule has 3 N–H and O–H groups in total. The van der Waals surface area contributed by atoms with Gasteiger partial charge in [0.1, 0.15) is 0 Å². The highest BCUT2D eigenvalue weighted by atomic mass is 16.5. The summed E-state index contributed by atoms with van der Waals surface area (Å²) in [6.07, 6.45) is 8.70. The summed E-state index contributed by atoms with van der Waals surface area (Å²) in [4.78, 5) is 19.2. The van der Waals surface area contributed by atoms with Crippen molar-refractivity contribution in [2.75, 3.05) is 11.9 Å². The minimum atomic E-state index is -0.0611. The summed E-state index contributed by atoms with van der Waals surface area (Å²) < 4.78 is 6.69. The Kier molecular flexibility index (Phi) is 8.89. The summed E-state index contributed by atoms with van der Waals surface area (Å²) in [5.74, 6) is 0.204. The third-order valence-electron chi connectivity index (χ3n) is 12.9. The van der Waals surface area contributed by atoms with Gasteiger partial charge < -0.3 is 20.0 Å². The molecule has 4 aliphatic rings. The lowest BCUT2D eigenvalue weighted by Crippen LogP contribution is -2.41. The van der Waals surface area contributed by atoms with Gasteiger partial charge in [-0.2, -0.15) is 0 Å². The van der Waals surface area contributed by atoms with Crippen LogP contribution in [0.15, 0.2) is 170 Å². The van der Waals surface area contributed by atoms with Crippen LogP contribution in [0.2, 0.25) is 0 Å². The van der Waals surface area contributed by atoms with Crippen LogP contribution in [-0.4, -0.2) is 32.6 Å². The standard InChI is InChI=1S/C56H43N5O/c1-5-16-35(17-6-1)50-43-27-28-44(57-43)51(36-18-7-2-8-19-36)46-31-32-48(59-46)53(38-22-11-4-12-23-38)55-41(54-40-25-15-33-62-56(40)39-24-13-14-26-42(39)60-54)34-49(61-55)52(37-20-9-3-10-21-37)47-30-29-45(50)58-47/h1-14,16-24,26-32,34,40,54,56,58-60H,15,25,33H2/t40-,54-,56+/m1/s1. The number of ether oxygens (including phenoxy) is 1. The summed E-state index contributed by atoms with van der Waals surface area (Å²) >= 11 is 0. The molecule has 0 spiro atoms. The molecular formula is C56H43N5O. The fourth-order valence-electron chi connectivity index (χ4n) is 10.1. The average Bonchev–Trinajstić information content (AvgIpc) is 4.18. The summed E-state index contributed by atoms with van der Waals surface area (Å²) in [7, 11) is 0. The maximum absolute atomic E-state index is 6.69. The topological polar surface area (TPSA) is 78.6 Å². The van der Waals surface area contributed by atoms with Crippen molar-refractivity contribution >= 4 is 51.6 Å². The molecule has 1 saturated heterocycles. The third-order valence-corrected chi connectivity index (χ3v) is 12.9. The molecule has 5 aromatic carbocycles. The highest BCUT2D eigenvalue weighted by Gasteiger charge is 2.42. The molecule has 3 aromatic heterocycles. The quantitative estimate of drug-likeness (QED) is 0.162. The van der Waals surface area contributed by atoms with Gasteiger partial charge in [-0.1, -0.05) is 140 Å². The molecule has 62 heavy (non-hydrogen) atoms. The van der Waals surface area contributed by atoms with E-state index in [-0.39, 0.29) is 18.1 Å². The molecule has 3 atom stereocenters. The number of nitrogens with one attached hydrogen (secondary N) is 3. The van der Waals surface area contributed by atoms with E-state index in [1.54, 1.807) is 0 Å². The van der Waals surface area contributed by atoms with Gasteiger partial charge in [0.2, 0.25) is 0 Å². The molecule has 1 fully saturated rings. The maximum atomic E-state index is 6.69. The van der Waals surface area contributed by atoms with Crippen molar-refractivity contribution in [2.45, 2.75) is 25.0 Å². The normalized spacial score (nSPS) is 17.7. The molecule has 6 heteroatoms. The third kappa shape index (κ3) is 6.22. The van der Waals surface area contributed by atoms with Crippen molar-refractivity contribution < 1.29 is 4.74 Å². The van der Waals surface area contributed by atoms with Crippen molar-refractivity contribution in [1.82, 2.24) is 19.9 Å². The van der Waals surface area contributed by atoms with Gasteiger partial charge in [-0.05, 0) is 83.7 Å². The Labute approximate surface area is 360 Å². The van der Waals surface area contributed by atoms with Gasteiger partial charge in [0.25, 0.3) is 0 Å². The van der Waals surface area contributed by atoms with Crippen molar-refractivity contribution in [3.05, 3.63) is 198 Å². The Bertz CT molecular complexity index is 3220. The second kappa shape index (κ2) is 15.2. The van der Waals surface area contributed by atoms with Crippen LogP contribution in [-0.2, 0) is 4.74 Å². The highest BCUT2D eigenvalue weighted by Crippen LogP contribution is 2.50. The largest absolute Gasteiger partial charge is 0.377 e. The van der Waals surface area contributed by atoms with Gasteiger partial charge in [0.05, 0.1) is 34.9 Å².